The van der Waals surface area contributed by atoms with Gasteiger partial charge in [-0.2, -0.15) is 0 Å². The molecule has 7 heteroatoms. The van der Waals surface area contributed by atoms with E-state index in [0.29, 0.717) is 11.7 Å². The van der Waals surface area contributed by atoms with Crippen LogP contribution < -0.4 is 10.2 Å². The average molecular weight is 299 g/mol. The quantitative estimate of drug-likeness (QED) is 0.848. The summed E-state index contributed by atoms with van der Waals surface area (Å²) in [5.74, 6) is 0.776. The zero-order valence-corrected chi connectivity index (χ0v) is 12.6. The van der Waals surface area contributed by atoms with Gasteiger partial charge >= 0.3 is 6.09 Å². The molecule has 0 aromatic carbocycles. The van der Waals surface area contributed by atoms with Gasteiger partial charge < -0.3 is 15.0 Å². The summed E-state index contributed by atoms with van der Waals surface area (Å²) < 4.78 is 5.24. The molecule has 0 radical (unpaired) electrons. The van der Waals surface area contributed by atoms with Crippen molar-refractivity contribution in [2.24, 2.45) is 0 Å². The van der Waals surface area contributed by atoms with Gasteiger partial charge in [-0.1, -0.05) is 11.6 Å². The first-order chi connectivity index (χ1) is 9.33. The zero-order valence-electron chi connectivity index (χ0n) is 11.9. The Morgan fingerprint density at radius 2 is 2.25 bits per heavy atom. The molecule has 6 nitrogen and oxygen atoms in total. The van der Waals surface area contributed by atoms with E-state index < -0.39 is 5.60 Å². The van der Waals surface area contributed by atoms with Crippen LogP contribution in [0, 0.1) is 0 Å². The molecular weight excluding hydrogens is 280 g/mol. The topological polar surface area (TPSA) is 67.3 Å². The van der Waals surface area contributed by atoms with Gasteiger partial charge in [0.25, 0.3) is 0 Å². The second-order valence-electron chi connectivity index (χ2n) is 5.78. The van der Waals surface area contributed by atoms with Crippen molar-refractivity contribution in [2.45, 2.75) is 38.8 Å². The van der Waals surface area contributed by atoms with E-state index in [1.807, 2.05) is 20.8 Å². The summed E-state index contributed by atoms with van der Waals surface area (Å²) in [4.78, 5) is 21.8. The van der Waals surface area contributed by atoms with Crippen LogP contribution in [-0.2, 0) is 4.74 Å². The van der Waals surface area contributed by atoms with Crippen LogP contribution in [0.15, 0.2) is 12.4 Å². The maximum absolute atomic E-state index is 11.7. The van der Waals surface area contributed by atoms with Gasteiger partial charge in [0.05, 0.1) is 6.04 Å². The van der Waals surface area contributed by atoms with Crippen LogP contribution in [0.1, 0.15) is 27.2 Å². The van der Waals surface area contributed by atoms with E-state index in [2.05, 4.69) is 20.2 Å². The first-order valence-electron chi connectivity index (χ1n) is 6.55. The molecule has 1 amide bonds. The average Bonchev–Trinajstić information content (AvgIpc) is 2.74. The summed E-state index contributed by atoms with van der Waals surface area (Å²) in [7, 11) is 0. The second kappa shape index (κ2) is 5.83. The minimum atomic E-state index is -0.484. The van der Waals surface area contributed by atoms with E-state index in [1.54, 1.807) is 6.07 Å². The number of ether oxygens (including phenoxy) is 1. The summed E-state index contributed by atoms with van der Waals surface area (Å²) in [6.45, 7) is 7.03. The maximum Gasteiger partial charge on any atom is 0.407 e. The van der Waals surface area contributed by atoms with Crippen molar-refractivity contribution in [3.63, 3.8) is 0 Å². The standard InChI is InChI=1S/C13H19ClN4O2/c1-13(2,3)20-12(19)17-9-4-5-18(7-9)11-6-10(14)15-8-16-11/h6,8-9H,4-5,7H2,1-3H3,(H,17,19)/t9-/m1/s1. The van der Waals surface area contributed by atoms with Gasteiger partial charge in [0.15, 0.2) is 0 Å². The van der Waals surface area contributed by atoms with E-state index in [4.69, 9.17) is 16.3 Å². The fraction of sp³-hybridized carbons (Fsp3) is 0.615. The number of hydrogen-bond acceptors (Lipinski definition) is 5. The van der Waals surface area contributed by atoms with Crippen LogP contribution in [0.5, 0.6) is 0 Å². The normalized spacial score (nSPS) is 19.0. The first kappa shape index (κ1) is 14.8. The highest BCUT2D eigenvalue weighted by molar-refractivity contribution is 6.29. The molecule has 2 heterocycles. The molecule has 1 fully saturated rings. The van der Waals surface area contributed by atoms with Crippen molar-refractivity contribution in [3.05, 3.63) is 17.5 Å². The third-order valence-corrected chi connectivity index (χ3v) is 3.06. The Labute approximate surface area is 123 Å². The third-order valence-electron chi connectivity index (χ3n) is 2.85. The number of anilines is 1. The Morgan fingerprint density at radius 1 is 1.50 bits per heavy atom. The fourth-order valence-corrected chi connectivity index (χ4v) is 2.20. The number of carbonyl (C=O) groups excluding carboxylic acids is 1. The lowest BCUT2D eigenvalue weighted by Crippen LogP contribution is -2.40. The summed E-state index contributed by atoms with van der Waals surface area (Å²) in [6, 6.07) is 1.77. The molecule has 1 aliphatic heterocycles. The molecule has 1 saturated heterocycles. The van der Waals surface area contributed by atoms with Gasteiger partial charge in [-0.05, 0) is 27.2 Å². The molecule has 0 unspecified atom stereocenters. The molecule has 1 N–H and O–H groups in total. The van der Waals surface area contributed by atoms with Crippen LogP contribution >= 0.6 is 11.6 Å². The Bertz CT molecular complexity index is 490. The van der Waals surface area contributed by atoms with Crippen molar-refractivity contribution in [1.29, 1.82) is 0 Å². The number of aromatic nitrogens is 2. The molecule has 0 aliphatic carbocycles. The summed E-state index contributed by atoms with van der Waals surface area (Å²) >= 11 is 5.85. The van der Waals surface area contributed by atoms with Gasteiger partial charge in [0.1, 0.15) is 22.9 Å². The Morgan fingerprint density at radius 3 is 2.90 bits per heavy atom. The molecule has 0 bridgehead atoms. The van der Waals surface area contributed by atoms with E-state index in [-0.39, 0.29) is 12.1 Å². The van der Waals surface area contributed by atoms with E-state index >= 15 is 0 Å². The Hall–Kier alpha value is -1.56. The van der Waals surface area contributed by atoms with Crippen LogP contribution in [0.25, 0.3) is 0 Å². The monoisotopic (exact) mass is 298 g/mol. The molecular formula is C13H19ClN4O2. The van der Waals surface area contributed by atoms with Gasteiger partial charge in [0.2, 0.25) is 0 Å². The molecule has 1 aromatic heterocycles. The summed E-state index contributed by atoms with van der Waals surface area (Å²) in [5.41, 5.74) is -0.484. The van der Waals surface area contributed by atoms with Crippen molar-refractivity contribution in [1.82, 2.24) is 15.3 Å². The Kier molecular flexibility index (Phi) is 4.32. The molecule has 1 aromatic rings. The highest BCUT2D eigenvalue weighted by atomic mass is 35.5. The summed E-state index contributed by atoms with van der Waals surface area (Å²) in [5, 5.41) is 3.29. The lowest BCUT2D eigenvalue weighted by Gasteiger charge is -2.22. The molecule has 2 rings (SSSR count). The van der Waals surface area contributed by atoms with E-state index in [1.165, 1.54) is 6.33 Å². The number of alkyl carbamates (subject to hydrolysis) is 1. The number of carbonyl (C=O) groups is 1. The highest BCUT2D eigenvalue weighted by Gasteiger charge is 2.26. The number of hydrogen-bond donors (Lipinski definition) is 1. The minimum absolute atomic E-state index is 0.0543. The smallest absolute Gasteiger partial charge is 0.407 e. The van der Waals surface area contributed by atoms with Gasteiger partial charge in [-0.3, -0.25) is 0 Å². The van der Waals surface area contributed by atoms with Crippen LogP contribution in [-0.4, -0.2) is 40.8 Å². The van der Waals surface area contributed by atoms with Crippen molar-refractivity contribution in [2.75, 3.05) is 18.0 Å². The fourth-order valence-electron chi connectivity index (χ4n) is 2.06. The first-order valence-corrected chi connectivity index (χ1v) is 6.93. The predicted octanol–water partition coefficient (Wildman–Crippen LogP) is 2.23. The number of nitrogens with zero attached hydrogens (tertiary/aromatic N) is 3. The molecule has 20 heavy (non-hydrogen) atoms. The zero-order chi connectivity index (χ0) is 14.8. The lowest BCUT2D eigenvalue weighted by atomic mass is 10.2. The second-order valence-corrected chi connectivity index (χ2v) is 6.16. The van der Waals surface area contributed by atoms with Gasteiger partial charge in [-0.25, -0.2) is 14.8 Å². The number of rotatable bonds is 2. The molecule has 1 aliphatic rings. The van der Waals surface area contributed by atoms with Crippen LogP contribution in [0.2, 0.25) is 5.15 Å². The van der Waals surface area contributed by atoms with E-state index in [9.17, 15) is 4.79 Å². The van der Waals surface area contributed by atoms with Crippen LogP contribution in [0.4, 0.5) is 10.6 Å². The van der Waals surface area contributed by atoms with Gasteiger partial charge in [-0.15, -0.1) is 0 Å². The molecule has 0 saturated carbocycles. The lowest BCUT2D eigenvalue weighted by molar-refractivity contribution is 0.0509. The summed E-state index contributed by atoms with van der Waals surface area (Å²) in [6.07, 6.45) is 1.90. The molecule has 0 spiro atoms. The number of halogens is 1. The number of amides is 1. The van der Waals surface area contributed by atoms with Crippen molar-refractivity contribution >= 4 is 23.5 Å². The maximum atomic E-state index is 11.7. The SMILES string of the molecule is CC(C)(C)OC(=O)N[C@@H]1CCN(c2cc(Cl)ncn2)C1. The number of nitrogens with one attached hydrogen (secondary N) is 1. The highest BCUT2D eigenvalue weighted by Crippen LogP contribution is 2.20. The predicted molar refractivity (Wildman–Crippen MR) is 77.0 cm³/mol. The van der Waals surface area contributed by atoms with E-state index in [0.717, 1.165) is 18.8 Å². The largest absolute Gasteiger partial charge is 0.444 e. The minimum Gasteiger partial charge on any atom is -0.444 e. The molecule has 110 valence electrons. The molecule has 1 atom stereocenters. The van der Waals surface area contributed by atoms with Crippen molar-refractivity contribution in [3.8, 4) is 0 Å². The Balaban J connectivity index is 1.88. The third kappa shape index (κ3) is 4.23. The van der Waals surface area contributed by atoms with Crippen LogP contribution in [0.3, 0.4) is 0 Å². The van der Waals surface area contributed by atoms with Crippen molar-refractivity contribution < 1.29 is 9.53 Å². The van der Waals surface area contributed by atoms with Gasteiger partial charge in [0, 0.05) is 19.2 Å².